The first-order valence-electron chi connectivity index (χ1n) is 6.89. The standard InChI is InChI=1S/C16H18N2O3/c1-3-21-16(20)14(17)13-9-10-18(15(19)11(13)2)12-7-5-4-6-8-12/h4-8,17H,3,9-10H2,1-2H3. The summed E-state index contributed by atoms with van der Waals surface area (Å²) in [6.07, 6.45) is 0.476. The van der Waals surface area contributed by atoms with E-state index in [1.54, 1.807) is 18.7 Å². The fraction of sp³-hybridized carbons (Fsp3) is 0.312. The van der Waals surface area contributed by atoms with E-state index in [1.165, 1.54) is 0 Å². The van der Waals surface area contributed by atoms with Crippen molar-refractivity contribution in [2.45, 2.75) is 20.3 Å². The molecule has 0 atom stereocenters. The zero-order valence-corrected chi connectivity index (χ0v) is 12.2. The van der Waals surface area contributed by atoms with Crippen molar-refractivity contribution in [1.82, 2.24) is 0 Å². The first-order valence-corrected chi connectivity index (χ1v) is 6.89. The lowest BCUT2D eigenvalue weighted by molar-refractivity contribution is -0.135. The second kappa shape index (κ2) is 6.35. The summed E-state index contributed by atoms with van der Waals surface area (Å²) < 4.78 is 4.83. The van der Waals surface area contributed by atoms with Gasteiger partial charge in [-0.15, -0.1) is 0 Å². The average molecular weight is 286 g/mol. The lowest BCUT2D eigenvalue weighted by Gasteiger charge is -2.29. The van der Waals surface area contributed by atoms with Gasteiger partial charge in [0, 0.05) is 17.8 Å². The van der Waals surface area contributed by atoms with Crippen LogP contribution in [0.4, 0.5) is 5.69 Å². The summed E-state index contributed by atoms with van der Waals surface area (Å²) >= 11 is 0. The van der Waals surface area contributed by atoms with Gasteiger partial charge in [-0.2, -0.15) is 0 Å². The number of hydrogen-bond donors (Lipinski definition) is 1. The van der Waals surface area contributed by atoms with Crippen molar-refractivity contribution in [2.24, 2.45) is 0 Å². The van der Waals surface area contributed by atoms with Crippen LogP contribution in [0.3, 0.4) is 0 Å². The van der Waals surface area contributed by atoms with Gasteiger partial charge in [0.15, 0.2) is 0 Å². The predicted molar refractivity (Wildman–Crippen MR) is 80.5 cm³/mol. The van der Waals surface area contributed by atoms with E-state index in [-0.39, 0.29) is 18.2 Å². The van der Waals surface area contributed by atoms with Crippen LogP contribution < -0.4 is 4.90 Å². The van der Waals surface area contributed by atoms with Crippen LogP contribution in [0.2, 0.25) is 0 Å². The third-order valence-electron chi connectivity index (χ3n) is 3.45. The molecule has 0 aromatic heterocycles. The van der Waals surface area contributed by atoms with Crippen molar-refractivity contribution in [3.8, 4) is 0 Å². The van der Waals surface area contributed by atoms with Gasteiger partial charge in [-0.25, -0.2) is 4.79 Å². The molecule has 0 saturated heterocycles. The molecule has 0 unspecified atom stereocenters. The number of carbonyl (C=O) groups is 2. The zero-order valence-electron chi connectivity index (χ0n) is 12.2. The minimum absolute atomic E-state index is 0.170. The van der Waals surface area contributed by atoms with E-state index >= 15 is 0 Å². The topological polar surface area (TPSA) is 70.5 Å². The van der Waals surface area contributed by atoms with Crippen LogP contribution in [0.5, 0.6) is 0 Å². The first kappa shape index (κ1) is 15.0. The maximum atomic E-state index is 12.4. The molecule has 0 aliphatic carbocycles. The van der Waals surface area contributed by atoms with E-state index in [2.05, 4.69) is 0 Å². The summed E-state index contributed by atoms with van der Waals surface area (Å²) in [5, 5.41) is 7.88. The third kappa shape index (κ3) is 3.02. The van der Waals surface area contributed by atoms with Crippen LogP contribution in [0, 0.1) is 5.41 Å². The van der Waals surface area contributed by atoms with E-state index < -0.39 is 5.97 Å². The van der Waals surface area contributed by atoms with Gasteiger partial charge in [0.2, 0.25) is 0 Å². The minimum Gasteiger partial charge on any atom is -0.461 e. The van der Waals surface area contributed by atoms with E-state index in [1.807, 2.05) is 30.3 Å². The number of nitrogens with zero attached hydrogens (tertiary/aromatic N) is 1. The minimum atomic E-state index is -0.673. The van der Waals surface area contributed by atoms with Crippen LogP contribution >= 0.6 is 0 Å². The average Bonchev–Trinajstić information content (AvgIpc) is 2.50. The molecule has 0 saturated carbocycles. The Morgan fingerprint density at radius 3 is 2.62 bits per heavy atom. The summed E-state index contributed by atoms with van der Waals surface area (Å²) in [6, 6.07) is 9.37. The molecule has 0 spiro atoms. The Labute approximate surface area is 123 Å². The molecule has 2 rings (SSSR count). The Balaban J connectivity index is 2.25. The number of nitrogens with one attached hydrogen (secondary N) is 1. The largest absolute Gasteiger partial charge is 0.461 e. The molecule has 0 radical (unpaired) electrons. The molecule has 1 amide bonds. The summed E-state index contributed by atoms with van der Waals surface area (Å²) in [5.41, 5.74) is 1.52. The van der Waals surface area contributed by atoms with Gasteiger partial charge >= 0.3 is 5.97 Å². The quantitative estimate of drug-likeness (QED) is 0.682. The van der Waals surface area contributed by atoms with Crippen molar-refractivity contribution >= 4 is 23.3 Å². The number of anilines is 1. The van der Waals surface area contributed by atoms with E-state index in [0.29, 0.717) is 24.1 Å². The molecule has 0 fully saturated rings. The normalized spacial score (nSPS) is 15.1. The van der Waals surface area contributed by atoms with Gasteiger partial charge in [0.1, 0.15) is 5.71 Å². The highest BCUT2D eigenvalue weighted by molar-refractivity contribution is 6.43. The molecule has 1 N–H and O–H groups in total. The number of hydrogen-bond acceptors (Lipinski definition) is 4. The molecular weight excluding hydrogens is 268 g/mol. The van der Waals surface area contributed by atoms with Gasteiger partial charge in [-0.3, -0.25) is 10.2 Å². The van der Waals surface area contributed by atoms with Crippen LogP contribution in [0.1, 0.15) is 20.3 Å². The summed E-state index contributed by atoms with van der Waals surface area (Å²) in [6.45, 7) is 4.02. The summed E-state index contributed by atoms with van der Waals surface area (Å²) in [4.78, 5) is 25.7. The molecule has 1 aliphatic heterocycles. The number of benzene rings is 1. The Bertz CT molecular complexity index is 605. The Hall–Kier alpha value is -2.43. The second-order valence-corrected chi connectivity index (χ2v) is 4.74. The van der Waals surface area contributed by atoms with Crippen molar-refractivity contribution in [3.63, 3.8) is 0 Å². The van der Waals surface area contributed by atoms with Gasteiger partial charge in [-0.05, 0) is 38.0 Å². The highest BCUT2D eigenvalue weighted by atomic mass is 16.5. The summed E-state index contributed by atoms with van der Waals surface area (Å²) in [5.74, 6) is -0.843. The van der Waals surface area contributed by atoms with Crippen LogP contribution in [0.25, 0.3) is 0 Å². The van der Waals surface area contributed by atoms with Crippen molar-refractivity contribution in [2.75, 3.05) is 18.1 Å². The van der Waals surface area contributed by atoms with Crippen LogP contribution in [0.15, 0.2) is 41.5 Å². The highest BCUT2D eigenvalue weighted by Gasteiger charge is 2.29. The molecular formula is C16H18N2O3. The number of carbonyl (C=O) groups excluding carboxylic acids is 2. The first-order chi connectivity index (χ1) is 10.1. The van der Waals surface area contributed by atoms with E-state index in [0.717, 1.165) is 5.69 Å². The molecule has 1 aliphatic rings. The number of rotatable bonds is 4. The molecule has 110 valence electrons. The predicted octanol–water partition coefficient (Wildman–Crippen LogP) is 2.32. The zero-order chi connectivity index (χ0) is 15.4. The van der Waals surface area contributed by atoms with Crippen LogP contribution in [-0.2, 0) is 14.3 Å². The third-order valence-corrected chi connectivity index (χ3v) is 3.45. The van der Waals surface area contributed by atoms with Gasteiger partial charge in [0.25, 0.3) is 5.91 Å². The highest BCUT2D eigenvalue weighted by Crippen LogP contribution is 2.25. The van der Waals surface area contributed by atoms with Crippen LogP contribution in [-0.4, -0.2) is 30.7 Å². The van der Waals surface area contributed by atoms with E-state index in [9.17, 15) is 9.59 Å². The monoisotopic (exact) mass is 286 g/mol. The number of esters is 1. The fourth-order valence-electron chi connectivity index (χ4n) is 2.34. The Morgan fingerprint density at radius 1 is 1.33 bits per heavy atom. The second-order valence-electron chi connectivity index (χ2n) is 4.74. The lowest BCUT2D eigenvalue weighted by Crippen LogP contribution is -2.39. The number of amides is 1. The molecule has 0 bridgehead atoms. The van der Waals surface area contributed by atoms with Crippen molar-refractivity contribution in [3.05, 3.63) is 41.5 Å². The molecule has 1 aromatic rings. The number of para-hydroxylation sites is 1. The van der Waals surface area contributed by atoms with Crippen molar-refractivity contribution < 1.29 is 14.3 Å². The maximum Gasteiger partial charge on any atom is 0.356 e. The van der Waals surface area contributed by atoms with Gasteiger partial charge in [0.05, 0.1) is 6.61 Å². The van der Waals surface area contributed by atoms with Gasteiger partial charge in [-0.1, -0.05) is 18.2 Å². The smallest absolute Gasteiger partial charge is 0.356 e. The maximum absolute atomic E-state index is 12.4. The Morgan fingerprint density at radius 2 is 2.00 bits per heavy atom. The molecule has 1 aromatic carbocycles. The molecule has 5 heteroatoms. The molecule has 5 nitrogen and oxygen atoms in total. The van der Waals surface area contributed by atoms with E-state index in [4.69, 9.17) is 10.1 Å². The van der Waals surface area contributed by atoms with Crippen molar-refractivity contribution in [1.29, 1.82) is 5.41 Å². The molecule has 1 heterocycles. The lowest BCUT2D eigenvalue weighted by atomic mass is 9.95. The number of ether oxygens (including phenoxy) is 1. The van der Waals surface area contributed by atoms with Gasteiger partial charge < -0.3 is 9.64 Å². The Kier molecular flexibility index (Phi) is 4.52. The molecule has 21 heavy (non-hydrogen) atoms. The fourth-order valence-corrected chi connectivity index (χ4v) is 2.34. The SMILES string of the molecule is CCOC(=O)C(=N)C1=C(C)C(=O)N(c2ccccc2)CC1. The summed E-state index contributed by atoms with van der Waals surface area (Å²) in [7, 11) is 0.